The van der Waals surface area contributed by atoms with Crippen LogP contribution in [0.3, 0.4) is 0 Å². The van der Waals surface area contributed by atoms with Crippen molar-refractivity contribution in [3.05, 3.63) is 29.8 Å². The molecular formula is C14H21NO3. The van der Waals surface area contributed by atoms with Crippen LogP contribution in [-0.2, 0) is 4.74 Å². The SMILES string of the molecule is CCOc1ccc(C(=O)OCCNC(C)C)cc1. The Morgan fingerprint density at radius 1 is 1.28 bits per heavy atom. The highest BCUT2D eigenvalue weighted by Gasteiger charge is 2.06. The predicted molar refractivity (Wildman–Crippen MR) is 71.0 cm³/mol. The van der Waals surface area contributed by atoms with Gasteiger partial charge in [-0.15, -0.1) is 0 Å². The normalized spacial score (nSPS) is 10.4. The summed E-state index contributed by atoms with van der Waals surface area (Å²) in [5.74, 6) is 0.458. The van der Waals surface area contributed by atoms with Crippen LogP contribution in [0.4, 0.5) is 0 Å². The van der Waals surface area contributed by atoms with Crippen LogP contribution in [0.15, 0.2) is 24.3 Å². The van der Waals surface area contributed by atoms with Gasteiger partial charge in [0, 0.05) is 12.6 Å². The first-order valence-electron chi connectivity index (χ1n) is 6.27. The zero-order chi connectivity index (χ0) is 13.4. The van der Waals surface area contributed by atoms with Gasteiger partial charge in [-0.1, -0.05) is 13.8 Å². The minimum Gasteiger partial charge on any atom is -0.494 e. The van der Waals surface area contributed by atoms with Crippen molar-refractivity contribution in [2.24, 2.45) is 0 Å². The lowest BCUT2D eigenvalue weighted by Gasteiger charge is -2.09. The monoisotopic (exact) mass is 251 g/mol. The number of esters is 1. The Balaban J connectivity index is 2.37. The van der Waals surface area contributed by atoms with Crippen LogP contribution < -0.4 is 10.1 Å². The molecule has 0 heterocycles. The maximum atomic E-state index is 11.7. The van der Waals surface area contributed by atoms with Gasteiger partial charge >= 0.3 is 5.97 Å². The standard InChI is InChI=1S/C14H21NO3/c1-4-17-13-7-5-12(6-8-13)14(16)18-10-9-15-11(2)3/h5-8,11,15H,4,9-10H2,1-3H3. The zero-order valence-electron chi connectivity index (χ0n) is 11.2. The average molecular weight is 251 g/mol. The molecule has 0 atom stereocenters. The van der Waals surface area contributed by atoms with Gasteiger partial charge in [0.2, 0.25) is 0 Å². The summed E-state index contributed by atoms with van der Waals surface area (Å²) in [6, 6.07) is 7.36. The van der Waals surface area contributed by atoms with Gasteiger partial charge in [-0.25, -0.2) is 4.79 Å². The Morgan fingerprint density at radius 2 is 1.94 bits per heavy atom. The van der Waals surface area contributed by atoms with Crippen LogP contribution in [0.1, 0.15) is 31.1 Å². The summed E-state index contributed by atoms with van der Waals surface area (Å²) in [4.78, 5) is 11.7. The molecule has 0 saturated heterocycles. The minimum atomic E-state index is -0.302. The Bertz CT molecular complexity index is 360. The van der Waals surface area contributed by atoms with E-state index >= 15 is 0 Å². The molecule has 0 amide bonds. The molecule has 0 bridgehead atoms. The van der Waals surface area contributed by atoms with Crippen molar-refractivity contribution < 1.29 is 14.3 Å². The molecule has 100 valence electrons. The molecule has 1 aromatic carbocycles. The third-order valence-electron chi connectivity index (χ3n) is 2.29. The summed E-state index contributed by atoms with van der Waals surface area (Å²) in [6.45, 7) is 7.68. The minimum absolute atomic E-state index is 0.302. The van der Waals surface area contributed by atoms with Crippen LogP contribution in [0.5, 0.6) is 5.75 Å². The summed E-state index contributed by atoms with van der Waals surface area (Å²) >= 11 is 0. The number of hydrogen-bond acceptors (Lipinski definition) is 4. The summed E-state index contributed by atoms with van der Waals surface area (Å²) in [5.41, 5.74) is 0.544. The molecular weight excluding hydrogens is 230 g/mol. The van der Waals surface area contributed by atoms with E-state index in [1.807, 2.05) is 20.8 Å². The van der Waals surface area contributed by atoms with Crippen molar-refractivity contribution in [1.29, 1.82) is 0 Å². The molecule has 1 N–H and O–H groups in total. The van der Waals surface area contributed by atoms with Crippen molar-refractivity contribution >= 4 is 5.97 Å². The van der Waals surface area contributed by atoms with Crippen LogP contribution in [0, 0.1) is 0 Å². The molecule has 0 aliphatic heterocycles. The molecule has 0 aromatic heterocycles. The number of hydrogen-bond donors (Lipinski definition) is 1. The third kappa shape index (κ3) is 5.19. The van der Waals surface area contributed by atoms with Gasteiger partial charge in [0.25, 0.3) is 0 Å². The first-order valence-corrected chi connectivity index (χ1v) is 6.27. The number of ether oxygens (including phenoxy) is 2. The van der Waals surface area contributed by atoms with Crippen molar-refractivity contribution in [3.8, 4) is 5.75 Å². The van der Waals surface area contributed by atoms with Gasteiger partial charge in [-0.3, -0.25) is 0 Å². The number of nitrogens with one attached hydrogen (secondary N) is 1. The molecule has 0 unspecified atom stereocenters. The number of benzene rings is 1. The van der Waals surface area contributed by atoms with E-state index in [4.69, 9.17) is 9.47 Å². The fourth-order valence-electron chi connectivity index (χ4n) is 1.43. The van der Waals surface area contributed by atoms with E-state index in [9.17, 15) is 4.79 Å². The second-order valence-corrected chi connectivity index (χ2v) is 4.20. The maximum Gasteiger partial charge on any atom is 0.338 e. The van der Waals surface area contributed by atoms with Crippen molar-refractivity contribution in [1.82, 2.24) is 5.32 Å². The lowest BCUT2D eigenvalue weighted by Crippen LogP contribution is -2.27. The Kier molecular flexibility index (Phi) is 6.22. The van der Waals surface area contributed by atoms with E-state index < -0.39 is 0 Å². The van der Waals surface area contributed by atoms with Crippen LogP contribution in [-0.4, -0.2) is 31.8 Å². The van der Waals surface area contributed by atoms with Gasteiger partial charge in [0.05, 0.1) is 12.2 Å². The third-order valence-corrected chi connectivity index (χ3v) is 2.29. The van der Waals surface area contributed by atoms with Gasteiger partial charge in [-0.2, -0.15) is 0 Å². The second-order valence-electron chi connectivity index (χ2n) is 4.20. The van der Waals surface area contributed by atoms with E-state index in [2.05, 4.69) is 5.32 Å². The molecule has 0 spiro atoms. The molecule has 0 aliphatic carbocycles. The largest absolute Gasteiger partial charge is 0.494 e. The van der Waals surface area contributed by atoms with E-state index in [-0.39, 0.29) is 5.97 Å². The molecule has 4 heteroatoms. The lowest BCUT2D eigenvalue weighted by atomic mass is 10.2. The summed E-state index contributed by atoms with van der Waals surface area (Å²) in [5, 5.41) is 3.18. The van der Waals surface area contributed by atoms with Gasteiger partial charge < -0.3 is 14.8 Å². The topological polar surface area (TPSA) is 47.6 Å². The number of rotatable bonds is 7. The van der Waals surface area contributed by atoms with E-state index in [0.29, 0.717) is 31.4 Å². The predicted octanol–water partition coefficient (Wildman–Crippen LogP) is 2.24. The highest BCUT2D eigenvalue weighted by Crippen LogP contribution is 2.12. The van der Waals surface area contributed by atoms with Crippen LogP contribution in [0.25, 0.3) is 0 Å². The summed E-state index contributed by atoms with van der Waals surface area (Å²) < 4.78 is 10.4. The van der Waals surface area contributed by atoms with Crippen LogP contribution in [0.2, 0.25) is 0 Å². The van der Waals surface area contributed by atoms with Gasteiger partial charge in [-0.05, 0) is 31.2 Å². The Morgan fingerprint density at radius 3 is 2.50 bits per heavy atom. The fraction of sp³-hybridized carbons (Fsp3) is 0.500. The van der Waals surface area contributed by atoms with Gasteiger partial charge in [0.1, 0.15) is 12.4 Å². The van der Waals surface area contributed by atoms with Gasteiger partial charge in [0.15, 0.2) is 0 Å². The highest BCUT2D eigenvalue weighted by molar-refractivity contribution is 5.89. The molecule has 4 nitrogen and oxygen atoms in total. The fourth-order valence-corrected chi connectivity index (χ4v) is 1.43. The molecule has 1 aromatic rings. The first kappa shape index (κ1) is 14.5. The quantitative estimate of drug-likeness (QED) is 0.596. The molecule has 18 heavy (non-hydrogen) atoms. The number of carbonyl (C=O) groups is 1. The summed E-state index contributed by atoms with van der Waals surface area (Å²) in [6.07, 6.45) is 0. The number of carbonyl (C=O) groups excluding carboxylic acids is 1. The van der Waals surface area contributed by atoms with Crippen molar-refractivity contribution in [3.63, 3.8) is 0 Å². The van der Waals surface area contributed by atoms with Crippen LogP contribution >= 0.6 is 0 Å². The zero-order valence-corrected chi connectivity index (χ0v) is 11.2. The highest BCUT2D eigenvalue weighted by atomic mass is 16.5. The second kappa shape index (κ2) is 7.71. The first-order chi connectivity index (χ1) is 8.63. The average Bonchev–Trinajstić information content (AvgIpc) is 2.35. The Labute approximate surface area is 108 Å². The van der Waals surface area contributed by atoms with Crippen molar-refractivity contribution in [2.45, 2.75) is 26.8 Å². The van der Waals surface area contributed by atoms with E-state index in [1.54, 1.807) is 24.3 Å². The lowest BCUT2D eigenvalue weighted by molar-refractivity contribution is 0.0506. The molecule has 0 saturated carbocycles. The molecule has 0 fully saturated rings. The van der Waals surface area contributed by atoms with E-state index in [0.717, 1.165) is 5.75 Å². The molecule has 0 aliphatic rings. The molecule has 0 radical (unpaired) electrons. The maximum absolute atomic E-state index is 11.7. The van der Waals surface area contributed by atoms with E-state index in [1.165, 1.54) is 0 Å². The van der Waals surface area contributed by atoms with Crippen molar-refractivity contribution in [2.75, 3.05) is 19.8 Å². The smallest absolute Gasteiger partial charge is 0.338 e. The molecule has 1 rings (SSSR count). The summed E-state index contributed by atoms with van der Waals surface area (Å²) in [7, 11) is 0. The Hall–Kier alpha value is -1.55.